The van der Waals surface area contributed by atoms with E-state index < -0.39 is 9.84 Å². The Morgan fingerprint density at radius 1 is 1.07 bits per heavy atom. The van der Waals surface area contributed by atoms with Gasteiger partial charge in [-0.3, -0.25) is 4.98 Å². The molecule has 1 N–H and O–H groups in total. The first-order chi connectivity index (χ1) is 12.9. The molecule has 1 aliphatic heterocycles. The lowest BCUT2D eigenvalue weighted by Gasteiger charge is -2.33. The predicted molar refractivity (Wildman–Crippen MR) is 108 cm³/mol. The van der Waals surface area contributed by atoms with E-state index in [4.69, 9.17) is 0 Å². The maximum atomic E-state index is 13.0. The minimum absolute atomic E-state index is 0.227. The number of rotatable bonds is 3. The molecule has 140 valence electrons. The van der Waals surface area contributed by atoms with Crippen molar-refractivity contribution in [2.45, 2.75) is 29.7 Å². The molecule has 0 amide bonds. The molecule has 27 heavy (non-hydrogen) atoms. The molecule has 2 aromatic carbocycles. The fourth-order valence-corrected chi connectivity index (χ4v) is 4.70. The Balaban J connectivity index is 1.73. The van der Waals surface area contributed by atoms with Crippen LogP contribution in [0.25, 0.3) is 10.9 Å². The van der Waals surface area contributed by atoms with Crippen molar-refractivity contribution in [3.05, 3.63) is 60.3 Å². The van der Waals surface area contributed by atoms with Crippen LogP contribution in [0.5, 0.6) is 0 Å². The highest BCUT2D eigenvalue weighted by Gasteiger charge is 2.20. The van der Waals surface area contributed by atoms with Crippen LogP contribution in [-0.2, 0) is 9.84 Å². The molecule has 6 heteroatoms. The van der Waals surface area contributed by atoms with Crippen LogP contribution in [0.4, 0.5) is 5.69 Å². The van der Waals surface area contributed by atoms with Crippen molar-refractivity contribution < 1.29 is 8.42 Å². The van der Waals surface area contributed by atoms with Gasteiger partial charge in [0.15, 0.2) is 0 Å². The number of aryl methyl sites for hydroxylation is 1. The van der Waals surface area contributed by atoms with Gasteiger partial charge in [0.05, 0.1) is 15.3 Å². The minimum atomic E-state index is -3.58. The fraction of sp³-hybridized carbons (Fsp3) is 0.286. The number of aromatic nitrogens is 1. The number of pyridine rings is 1. The van der Waals surface area contributed by atoms with Gasteiger partial charge in [-0.05, 0) is 50.2 Å². The molecule has 0 radical (unpaired) electrons. The number of hydrogen-bond donors (Lipinski definition) is 1. The molecule has 1 aromatic heterocycles. The SMILES string of the molecule is Cc1ccc(S(=O)(=O)c2cnc3ccc(N4CCN[C@@H](C)C4)cc3c2)cc1. The van der Waals surface area contributed by atoms with Crippen LogP contribution in [-0.4, -0.2) is 39.1 Å². The molecule has 0 aliphatic carbocycles. The van der Waals surface area contributed by atoms with E-state index in [9.17, 15) is 8.42 Å². The Bertz CT molecular complexity index is 1080. The van der Waals surface area contributed by atoms with E-state index in [2.05, 4.69) is 28.2 Å². The summed E-state index contributed by atoms with van der Waals surface area (Å²) in [4.78, 5) is 7.22. The number of benzene rings is 2. The summed E-state index contributed by atoms with van der Waals surface area (Å²) in [7, 11) is -3.58. The minimum Gasteiger partial charge on any atom is -0.369 e. The van der Waals surface area contributed by atoms with E-state index in [0.29, 0.717) is 10.9 Å². The van der Waals surface area contributed by atoms with Crippen LogP contribution in [0.15, 0.2) is 64.5 Å². The van der Waals surface area contributed by atoms with E-state index >= 15 is 0 Å². The molecule has 3 aromatic rings. The number of anilines is 1. The summed E-state index contributed by atoms with van der Waals surface area (Å²) in [5, 5.41) is 4.28. The third-order valence-electron chi connectivity index (χ3n) is 5.02. The lowest BCUT2D eigenvalue weighted by atomic mass is 10.1. The molecule has 0 spiro atoms. The molecule has 5 nitrogen and oxygen atoms in total. The summed E-state index contributed by atoms with van der Waals surface area (Å²) >= 11 is 0. The van der Waals surface area contributed by atoms with E-state index in [1.54, 1.807) is 18.2 Å². The monoisotopic (exact) mass is 381 g/mol. The summed E-state index contributed by atoms with van der Waals surface area (Å²) in [5.41, 5.74) is 2.92. The van der Waals surface area contributed by atoms with E-state index in [1.807, 2.05) is 31.2 Å². The second-order valence-electron chi connectivity index (χ2n) is 7.17. The number of fused-ring (bicyclic) bond motifs is 1. The van der Waals surface area contributed by atoms with Crippen LogP contribution in [0.3, 0.4) is 0 Å². The molecule has 4 rings (SSSR count). The Morgan fingerprint density at radius 3 is 2.59 bits per heavy atom. The number of hydrogen-bond acceptors (Lipinski definition) is 5. The van der Waals surface area contributed by atoms with Gasteiger partial charge >= 0.3 is 0 Å². The molecule has 1 aliphatic rings. The van der Waals surface area contributed by atoms with Gasteiger partial charge in [0.1, 0.15) is 0 Å². The van der Waals surface area contributed by atoms with Crippen molar-refractivity contribution in [2.75, 3.05) is 24.5 Å². The summed E-state index contributed by atoms with van der Waals surface area (Å²) in [6.07, 6.45) is 1.45. The third-order valence-corrected chi connectivity index (χ3v) is 6.75. The quantitative estimate of drug-likeness (QED) is 0.755. The standard InChI is InChI=1S/C21H23N3O2S/c1-15-3-6-19(7-4-15)27(25,26)20-12-17-11-18(5-8-21(17)23-13-20)24-10-9-22-16(2)14-24/h3-8,11-13,16,22H,9-10,14H2,1-2H3/t16-/m0/s1. The maximum absolute atomic E-state index is 13.0. The lowest BCUT2D eigenvalue weighted by Crippen LogP contribution is -2.49. The Labute approximate surface area is 160 Å². The zero-order chi connectivity index (χ0) is 19.0. The van der Waals surface area contributed by atoms with Crippen LogP contribution >= 0.6 is 0 Å². The number of nitrogens with zero attached hydrogens (tertiary/aromatic N) is 2. The van der Waals surface area contributed by atoms with Crippen molar-refractivity contribution in [1.82, 2.24) is 10.3 Å². The molecule has 0 unspecified atom stereocenters. The molecule has 1 saturated heterocycles. The predicted octanol–water partition coefficient (Wildman–Crippen LogP) is 3.17. The highest BCUT2D eigenvalue weighted by Crippen LogP contribution is 2.27. The average Bonchev–Trinajstić information content (AvgIpc) is 2.67. The zero-order valence-corrected chi connectivity index (χ0v) is 16.3. The van der Waals surface area contributed by atoms with Gasteiger partial charge in [-0.2, -0.15) is 0 Å². The summed E-state index contributed by atoms with van der Waals surface area (Å²) in [5.74, 6) is 0. The lowest BCUT2D eigenvalue weighted by molar-refractivity contribution is 0.485. The molecule has 1 atom stereocenters. The van der Waals surface area contributed by atoms with Crippen molar-refractivity contribution in [2.24, 2.45) is 0 Å². The van der Waals surface area contributed by atoms with Gasteiger partial charge in [0, 0.05) is 42.9 Å². The second-order valence-corrected chi connectivity index (χ2v) is 9.12. The highest BCUT2D eigenvalue weighted by molar-refractivity contribution is 7.91. The van der Waals surface area contributed by atoms with Gasteiger partial charge in [-0.25, -0.2) is 8.42 Å². The van der Waals surface area contributed by atoms with E-state index in [0.717, 1.165) is 41.8 Å². The Kier molecular flexibility index (Phi) is 4.61. The maximum Gasteiger partial charge on any atom is 0.208 e. The molecular formula is C21H23N3O2S. The van der Waals surface area contributed by atoms with Gasteiger partial charge in [-0.15, -0.1) is 0 Å². The van der Waals surface area contributed by atoms with Gasteiger partial charge < -0.3 is 10.2 Å². The molecule has 1 fully saturated rings. The van der Waals surface area contributed by atoms with Crippen molar-refractivity contribution >= 4 is 26.4 Å². The topological polar surface area (TPSA) is 62.3 Å². The van der Waals surface area contributed by atoms with Crippen molar-refractivity contribution in [3.8, 4) is 0 Å². The Morgan fingerprint density at radius 2 is 1.85 bits per heavy atom. The Hall–Kier alpha value is -2.44. The van der Waals surface area contributed by atoms with Crippen LogP contribution in [0.1, 0.15) is 12.5 Å². The normalized spacial score (nSPS) is 18.0. The van der Waals surface area contributed by atoms with Crippen molar-refractivity contribution in [1.29, 1.82) is 0 Å². The fourth-order valence-electron chi connectivity index (χ4n) is 3.46. The first-order valence-corrected chi connectivity index (χ1v) is 10.6. The summed E-state index contributed by atoms with van der Waals surface area (Å²) < 4.78 is 25.9. The summed E-state index contributed by atoms with van der Waals surface area (Å²) in [6.45, 7) is 6.91. The molecular weight excluding hydrogens is 358 g/mol. The van der Waals surface area contributed by atoms with E-state index in [1.165, 1.54) is 6.20 Å². The third kappa shape index (κ3) is 3.55. The van der Waals surface area contributed by atoms with Gasteiger partial charge in [0.25, 0.3) is 0 Å². The largest absolute Gasteiger partial charge is 0.369 e. The number of sulfone groups is 1. The van der Waals surface area contributed by atoms with Crippen LogP contribution < -0.4 is 10.2 Å². The van der Waals surface area contributed by atoms with Crippen LogP contribution in [0.2, 0.25) is 0 Å². The first-order valence-electron chi connectivity index (χ1n) is 9.13. The molecule has 0 bridgehead atoms. The van der Waals surface area contributed by atoms with Gasteiger partial charge in [0.2, 0.25) is 9.84 Å². The van der Waals surface area contributed by atoms with Crippen molar-refractivity contribution in [3.63, 3.8) is 0 Å². The van der Waals surface area contributed by atoms with Crippen LogP contribution in [0, 0.1) is 6.92 Å². The molecule has 0 saturated carbocycles. The first kappa shape index (κ1) is 17.9. The van der Waals surface area contributed by atoms with E-state index in [-0.39, 0.29) is 4.90 Å². The average molecular weight is 382 g/mol. The second kappa shape index (κ2) is 6.94. The number of piperazine rings is 1. The zero-order valence-electron chi connectivity index (χ0n) is 15.5. The van der Waals surface area contributed by atoms with Gasteiger partial charge in [-0.1, -0.05) is 17.7 Å². The summed E-state index contributed by atoms with van der Waals surface area (Å²) in [6, 6.07) is 15.1. The smallest absolute Gasteiger partial charge is 0.208 e. The highest BCUT2D eigenvalue weighted by atomic mass is 32.2. The molecule has 2 heterocycles. The number of nitrogens with one attached hydrogen (secondary N) is 1.